The lowest BCUT2D eigenvalue weighted by Crippen LogP contribution is -2.11. The van der Waals surface area contributed by atoms with Gasteiger partial charge in [-0.2, -0.15) is 0 Å². The largest absolute Gasteiger partial charge is 0.147 e. The van der Waals surface area contributed by atoms with Crippen molar-refractivity contribution >= 4 is 45.1 Å². The maximum absolute atomic E-state index is 2.27. The van der Waals surface area contributed by atoms with Crippen LogP contribution in [0.5, 0.6) is 0 Å². The van der Waals surface area contributed by atoms with Gasteiger partial charge < -0.3 is 0 Å². The Balaban J connectivity index is 3.82. The molecule has 0 saturated carbocycles. The van der Waals surface area contributed by atoms with Gasteiger partial charge in [-0.3, -0.25) is 0 Å². The molecule has 0 spiro atoms. The Kier molecular flexibility index (Phi) is 5.94. The average molecular weight is 242 g/mol. The van der Waals surface area contributed by atoms with E-state index in [1.807, 2.05) is 45.1 Å². The van der Waals surface area contributed by atoms with E-state index in [9.17, 15) is 0 Å². The number of rotatable bonds is 5. The molecule has 0 amide bonds. The second kappa shape index (κ2) is 5.32. The highest BCUT2D eigenvalue weighted by molar-refractivity contribution is 8.80. The molecule has 0 nitrogen and oxygen atoms in total. The van der Waals surface area contributed by atoms with Crippen LogP contribution in [-0.2, 0) is 0 Å². The molecule has 0 heterocycles. The summed E-state index contributed by atoms with van der Waals surface area (Å²) in [5.41, 5.74) is 0. The van der Waals surface area contributed by atoms with Gasteiger partial charge in [-0.15, -0.1) is 23.5 Å². The van der Waals surface area contributed by atoms with Crippen LogP contribution in [0.3, 0.4) is 0 Å². The molecule has 0 rings (SSSR count). The van der Waals surface area contributed by atoms with Crippen molar-refractivity contribution in [1.82, 2.24) is 0 Å². The maximum Gasteiger partial charge on any atom is 0.0656 e. The summed E-state index contributed by atoms with van der Waals surface area (Å²) in [7, 11) is 3.94. The normalized spacial score (nSPS) is 13.5. The maximum atomic E-state index is 2.27. The third kappa shape index (κ3) is 5.95. The molecule has 0 radical (unpaired) electrons. The van der Waals surface area contributed by atoms with Crippen LogP contribution >= 0.6 is 45.1 Å². The molecule has 4 heteroatoms. The molecule has 0 unspecified atom stereocenters. The molecular formula is C8H18S4. The van der Waals surface area contributed by atoms with E-state index in [4.69, 9.17) is 0 Å². The van der Waals surface area contributed by atoms with Crippen molar-refractivity contribution in [2.75, 3.05) is 12.5 Å². The Hall–Kier alpha value is 1.40. The molecule has 0 atom stereocenters. The highest BCUT2D eigenvalue weighted by Gasteiger charge is 2.24. The molecule has 0 aromatic heterocycles. The molecule has 0 aromatic carbocycles. The van der Waals surface area contributed by atoms with Gasteiger partial charge >= 0.3 is 0 Å². The van der Waals surface area contributed by atoms with Crippen LogP contribution < -0.4 is 0 Å². The van der Waals surface area contributed by atoms with Gasteiger partial charge in [-0.05, 0) is 40.2 Å². The average Bonchev–Trinajstić information content (AvgIpc) is 2.02. The lowest BCUT2D eigenvalue weighted by atomic mass is 10.5. The molecule has 0 aliphatic rings. The minimum absolute atomic E-state index is 0.331. The molecular weight excluding hydrogens is 224 g/mol. The van der Waals surface area contributed by atoms with Gasteiger partial charge in [-0.25, -0.2) is 0 Å². The van der Waals surface area contributed by atoms with E-state index in [1.54, 1.807) is 0 Å². The van der Waals surface area contributed by atoms with E-state index in [0.29, 0.717) is 8.16 Å². The van der Waals surface area contributed by atoms with E-state index in [0.717, 1.165) is 0 Å². The quantitative estimate of drug-likeness (QED) is 0.511. The highest BCUT2D eigenvalue weighted by Crippen LogP contribution is 2.50. The lowest BCUT2D eigenvalue weighted by Gasteiger charge is -2.27. The van der Waals surface area contributed by atoms with Crippen molar-refractivity contribution in [3.8, 4) is 0 Å². The van der Waals surface area contributed by atoms with Crippen LogP contribution in [0.4, 0.5) is 0 Å². The zero-order valence-corrected chi connectivity index (χ0v) is 11.9. The van der Waals surface area contributed by atoms with Crippen molar-refractivity contribution in [2.24, 2.45) is 0 Å². The van der Waals surface area contributed by atoms with E-state index in [1.165, 1.54) is 0 Å². The van der Waals surface area contributed by atoms with Gasteiger partial charge in [0.15, 0.2) is 0 Å². The summed E-state index contributed by atoms with van der Waals surface area (Å²) in [5.74, 6) is 0. The number of hydrogen-bond acceptors (Lipinski definition) is 4. The number of hydrogen-bond donors (Lipinski definition) is 0. The SMILES string of the molecule is CSC(C)(C)SSC(C)(C)SC. The Labute approximate surface area is 93.2 Å². The zero-order valence-electron chi connectivity index (χ0n) is 8.63. The summed E-state index contributed by atoms with van der Waals surface area (Å²) in [6.07, 6.45) is 4.33. The van der Waals surface area contributed by atoms with Gasteiger partial charge in [-0.1, -0.05) is 21.6 Å². The molecule has 0 N–H and O–H groups in total. The summed E-state index contributed by atoms with van der Waals surface area (Å²) in [6.45, 7) is 9.08. The van der Waals surface area contributed by atoms with Gasteiger partial charge in [0.05, 0.1) is 8.16 Å². The van der Waals surface area contributed by atoms with Crippen LogP contribution in [0.1, 0.15) is 27.7 Å². The van der Waals surface area contributed by atoms with Crippen molar-refractivity contribution in [1.29, 1.82) is 0 Å². The summed E-state index contributed by atoms with van der Waals surface area (Å²) in [5, 5.41) is 0. The molecule has 0 saturated heterocycles. The van der Waals surface area contributed by atoms with Gasteiger partial charge in [0.25, 0.3) is 0 Å². The van der Waals surface area contributed by atoms with Crippen LogP contribution in [0, 0.1) is 0 Å². The molecule has 0 aromatic rings. The van der Waals surface area contributed by atoms with E-state index in [2.05, 4.69) is 40.2 Å². The second-order valence-corrected chi connectivity index (χ2v) is 10.1. The molecule has 0 bridgehead atoms. The lowest BCUT2D eigenvalue weighted by molar-refractivity contribution is 1.03. The van der Waals surface area contributed by atoms with Crippen LogP contribution in [-0.4, -0.2) is 20.7 Å². The van der Waals surface area contributed by atoms with Crippen molar-refractivity contribution < 1.29 is 0 Å². The molecule has 12 heavy (non-hydrogen) atoms. The Morgan fingerprint density at radius 2 is 0.917 bits per heavy atom. The molecule has 0 aliphatic heterocycles. The standard InChI is InChI=1S/C8H18S4/c1-7(2,9-5)11-12-8(3,4)10-6/h1-6H3. The fourth-order valence-corrected chi connectivity index (χ4v) is 4.26. The van der Waals surface area contributed by atoms with Crippen LogP contribution in [0.2, 0.25) is 0 Å². The van der Waals surface area contributed by atoms with Crippen LogP contribution in [0.15, 0.2) is 0 Å². The first-order valence-corrected chi connectivity index (χ1v) is 8.40. The first-order chi connectivity index (χ1) is 5.33. The van der Waals surface area contributed by atoms with E-state index < -0.39 is 0 Å². The van der Waals surface area contributed by atoms with Gasteiger partial charge in [0, 0.05) is 0 Å². The topological polar surface area (TPSA) is 0 Å². The zero-order chi connectivity index (χ0) is 9.83. The fraction of sp³-hybridized carbons (Fsp3) is 1.00. The smallest absolute Gasteiger partial charge is 0.0656 e. The molecule has 74 valence electrons. The second-order valence-electron chi connectivity index (χ2n) is 3.37. The number of thioether (sulfide) groups is 2. The Morgan fingerprint density at radius 3 is 1.08 bits per heavy atom. The van der Waals surface area contributed by atoms with Crippen molar-refractivity contribution in [3.63, 3.8) is 0 Å². The summed E-state index contributed by atoms with van der Waals surface area (Å²) in [4.78, 5) is 0. The monoisotopic (exact) mass is 242 g/mol. The first kappa shape index (κ1) is 13.4. The first-order valence-electron chi connectivity index (χ1n) is 3.80. The van der Waals surface area contributed by atoms with Gasteiger partial charge in [0.2, 0.25) is 0 Å². The Morgan fingerprint density at radius 1 is 0.667 bits per heavy atom. The van der Waals surface area contributed by atoms with E-state index >= 15 is 0 Å². The van der Waals surface area contributed by atoms with E-state index in [-0.39, 0.29) is 0 Å². The Bertz CT molecular complexity index is 115. The summed E-state index contributed by atoms with van der Waals surface area (Å²) >= 11 is 3.82. The van der Waals surface area contributed by atoms with Crippen LogP contribution in [0.25, 0.3) is 0 Å². The summed E-state index contributed by atoms with van der Waals surface area (Å²) in [6, 6.07) is 0. The third-order valence-corrected chi connectivity index (χ3v) is 9.16. The molecule has 0 aliphatic carbocycles. The third-order valence-electron chi connectivity index (χ3n) is 1.43. The minimum Gasteiger partial charge on any atom is -0.147 e. The van der Waals surface area contributed by atoms with Gasteiger partial charge in [0.1, 0.15) is 0 Å². The van der Waals surface area contributed by atoms with Crippen molar-refractivity contribution in [3.05, 3.63) is 0 Å². The molecule has 0 fully saturated rings. The minimum atomic E-state index is 0.331. The predicted octanol–water partition coefficient (Wildman–Crippen LogP) is 4.57. The fourth-order valence-electron chi connectivity index (χ4n) is 0.269. The summed E-state index contributed by atoms with van der Waals surface area (Å²) < 4.78 is 0.662. The van der Waals surface area contributed by atoms with Crippen molar-refractivity contribution in [2.45, 2.75) is 35.9 Å². The predicted molar refractivity (Wildman–Crippen MR) is 70.4 cm³/mol. The highest BCUT2D eigenvalue weighted by atomic mass is 33.1.